The van der Waals surface area contributed by atoms with Gasteiger partial charge < -0.3 is 10.4 Å². The normalized spacial score (nSPS) is 17.2. The number of aliphatic hydroxyl groups excluding tert-OH is 1. The topological polar surface area (TPSA) is 82.0 Å². The van der Waals surface area contributed by atoms with Crippen molar-refractivity contribution in [2.24, 2.45) is 11.0 Å². The largest absolute Gasteiger partial charge is 0.396 e. The van der Waals surface area contributed by atoms with Gasteiger partial charge in [0.1, 0.15) is 0 Å². The van der Waals surface area contributed by atoms with Crippen molar-refractivity contribution in [2.75, 3.05) is 16.9 Å². The van der Waals surface area contributed by atoms with Crippen molar-refractivity contribution in [2.45, 2.75) is 13.3 Å². The summed E-state index contributed by atoms with van der Waals surface area (Å²) in [5.74, 6) is -0.784. The number of para-hydroxylation sites is 2. The van der Waals surface area contributed by atoms with Crippen molar-refractivity contribution in [3.8, 4) is 0 Å². The molecule has 0 spiro atoms. The van der Waals surface area contributed by atoms with Crippen LogP contribution >= 0.6 is 0 Å². The third-order valence-corrected chi connectivity index (χ3v) is 3.99. The molecular formula is C19H19N3O3. The van der Waals surface area contributed by atoms with E-state index in [1.165, 1.54) is 11.9 Å². The zero-order chi connectivity index (χ0) is 17.8. The van der Waals surface area contributed by atoms with Crippen LogP contribution in [0.25, 0.3) is 0 Å². The Hall–Kier alpha value is -2.99. The lowest BCUT2D eigenvalue weighted by Crippen LogP contribution is -2.39. The molecule has 2 aromatic carbocycles. The summed E-state index contributed by atoms with van der Waals surface area (Å²) < 4.78 is 0. The molecule has 0 bridgehead atoms. The summed E-state index contributed by atoms with van der Waals surface area (Å²) in [5.41, 5.74) is 2.55. The van der Waals surface area contributed by atoms with Gasteiger partial charge in [0, 0.05) is 30.5 Å². The van der Waals surface area contributed by atoms with E-state index in [1.54, 1.807) is 18.2 Å². The van der Waals surface area contributed by atoms with Gasteiger partial charge in [-0.15, -0.1) is 0 Å². The Morgan fingerprint density at radius 2 is 1.88 bits per heavy atom. The van der Waals surface area contributed by atoms with E-state index < -0.39 is 5.92 Å². The van der Waals surface area contributed by atoms with Gasteiger partial charge in [-0.25, -0.2) is 5.01 Å². The maximum Gasteiger partial charge on any atom is 0.248 e. The van der Waals surface area contributed by atoms with Crippen molar-refractivity contribution < 1.29 is 14.7 Å². The molecule has 6 heteroatoms. The maximum atomic E-state index is 12.4. The second kappa shape index (κ2) is 7.27. The predicted octanol–water partition coefficient (Wildman–Crippen LogP) is 2.39. The first kappa shape index (κ1) is 16.9. The van der Waals surface area contributed by atoms with Crippen LogP contribution in [0, 0.1) is 5.92 Å². The number of hydrazone groups is 1. The summed E-state index contributed by atoms with van der Waals surface area (Å²) in [6, 6.07) is 16.4. The molecule has 0 saturated carbocycles. The van der Waals surface area contributed by atoms with E-state index in [0.717, 1.165) is 0 Å². The number of amides is 2. The molecule has 0 aromatic heterocycles. The minimum atomic E-state index is -0.414. The summed E-state index contributed by atoms with van der Waals surface area (Å²) in [5, 5.41) is 18.4. The molecule has 1 aliphatic rings. The quantitative estimate of drug-likeness (QED) is 0.899. The molecular weight excluding hydrogens is 318 g/mol. The highest BCUT2D eigenvalue weighted by atomic mass is 16.3. The average molecular weight is 337 g/mol. The molecule has 0 fully saturated rings. The number of carbonyl (C=O) groups is 2. The van der Waals surface area contributed by atoms with Crippen molar-refractivity contribution in [1.82, 2.24) is 0 Å². The summed E-state index contributed by atoms with van der Waals surface area (Å²) in [4.78, 5) is 23.9. The number of nitrogens with zero attached hydrogens (tertiary/aromatic N) is 2. The highest BCUT2D eigenvalue weighted by Gasteiger charge is 2.31. The van der Waals surface area contributed by atoms with Crippen LogP contribution in [0.5, 0.6) is 0 Å². The van der Waals surface area contributed by atoms with Gasteiger partial charge in [-0.3, -0.25) is 9.59 Å². The third-order valence-electron chi connectivity index (χ3n) is 3.99. The zero-order valence-corrected chi connectivity index (χ0v) is 13.8. The Kier molecular flexibility index (Phi) is 4.90. The van der Waals surface area contributed by atoms with E-state index in [4.69, 9.17) is 0 Å². The average Bonchev–Trinajstić information content (AvgIpc) is 2.62. The molecule has 0 aliphatic carbocycles. The van der Waals surface area contributed by atoms with E-state index in [2.05, 4.69) is 10.4 Å². The van der Waals surface area contributed by atoms with Crippen LogP contribution < -0.4 is 10.3 Å². The van der Waals surface area contributed by atoms with Crippen molar-refractivity contribution in [1.29, 1.82) is 0 Å². The number of hydrogen-bond acceptors (Lipinski definition) is 4. The Balaban J connectivity index is 2.08. The fourth-order valence-corrected chi connectivity index (χ4v) is 2.84. The Morgan fingerprint density at radius 3 is 2.56 bits per heavy atom. The first-order valence-corrected chi connectivity index (χ1v) is 8.04. The summed E-state index contributed by atoms with van der Waals surface area (Å²) in [6.45, 7) is 1.24. The Morgan fingerprint density at radius 1 is 1.20 bits per heavy atom. The second-order valence-corrected chi connectivity index (χ2v) is 5.84. The molecule has 6 nitrogen and oxygen atoms in total. The van der Waals surface area contributed by atoms with Crippen LogP contribution in [0.4, 0.5) is 11.4 Å². The molecule has 2 aromatic rings. The van der Waals surface area contributed by atoms with Crippen LogP contribution in [0.3, 0.4) is 0 Å². The molecule has 0 radical (unpaired) electrons. The highest BCUT2D eigenvalue weighted by molar-refractivity contribution is 6.13. The van der Waals surface area contributed by atoms with E-state index in [-0.39, 0.29) is 24.8 Å². The molecule has 2 amide bonds. The number of rotatable bonds is 4. The van der Waals surface area contributed by atoms with Gasteiger partial charge in [-0.05, 0) is 18.2 Å². The lowest BCUT2D eigenvalue weighted by Gasteiger charge is -2.29. The fourth-order valence-electron chi connectivity index (χ4n) is 2.84. The van der Waals surface area contributed by atoms with Crippen molar-refractivity contribution in [3.63, 3.8) is 0 Å². The minimum Gasteiger partial charge on any atom is -0.396 e. The maximum absolute atomic E-state index is 12.4. The first-order valence-electron chi connectivity index (χ1n) is 8.04. The van der Waals surface area contributed by atoms with E-state index in [1.807, 2.05) is 36.4 Å². The molecule has 1 atom stereocenters. The number of carbonyl (C=O) groups excluding carboxylic acids is 2. The van der Waals surface area contributed by atoms with Crippen LogP contribution in [-0.2, 0) is 9.59 Å². The molecule has 0 saturated heterocycles. The molecule has 1 unspecified atom stereocenters. The van der Waals surface area contributed by atoms with Crippen LogP contribution in [-0.4, -0.2) is 29.2 Å². The smallest absolute Gasteiger partial charge is 0.248 e. The van der Waals surface area contributed by atoms with Crippen molar-refractivity contribution >= 4 is 28.9 Å². The summed E-state index contributed by atoms with van der Waals surface area (Å²) >= 11 is 0. The number of hydrogen-bond donors (Lipinski definition) is 2. The SMILES string of the molecule is CC(=O)Nc1ccccc1C1=NN(c2ccccc2)C(=O)CC1CO. The third kappa shape index (κ3) is 3.59. The molecule has 2 N–H and O–H groups in total. The molecule has 1 aliphatic heterocycles. The van der Waals surface area contributed by atoms with Crippen molar-refractivity contribution in [3.05, 3.63) is 60.2 Å². The lowest BCUT2D eigenvalue weighted by atomic mass is 9.91. The molecule has 3 rings (SSSR count). The van der Waals surface area contributed by atoms with E-state index >= 15 is 0 Å². The van der Waals surface area contributed by atoms with Crippen LogP contribution in [0.15, 0.2) is 59.7 Å². The van der Waals surface area contributed by atoms with Gasteiger partial charge in [0.05, 0.1) is 18.0 Å². The summed E-state index contributed by atoms with van der Waals surface area (Å²) in [6.07, 6.45) is 0.151. The Labute approximate surface area is 145 Å². The minimum absolute atomic E-state index is 0.151. The van der Waals surface area contributed by atoms with Gasteiger partial charge in [0.2, 0.25) is 11.8 Å². The van der Waals surface area contributed by atoms with Gasteiger partial charge in [0.25, 0.3) is 0 Å². The van der Waals surface area contributed by atoms with E-state index in [9.17, 15) is 14.7 Å². The standard InChI is InChI=1S/C19H19N3O3/c1-13(24)20-17-10-6-5-9-16(17)19-14(12-23)11-18(25)22(21-19)15-7-3-2-4-8-15/h2-10,14,23H,11-12H2,1H3,(H,20,24). The highest BCUT2D eigenvalue weighted by Crippen LogP contribution is 2.28. The molecule has 128 valence electrons. The Bertz CT molecular complexity index is 818. The predicted molar refractivity (Wildman–Crippen MR) is 96.4 cm³/mol. The van der Waals surface area contributed by atoms with Crippen LogP contribution in [0.1, 0.15) is 18.9 Å². The van der Waals surface area contributed by atoms with Gasteiger partial charge >= 0.3 is 0 Å². The van der Waals surface area contributed by atoms with Gasteiger partial charge in [-0.1, -0.05) is 36.4 Å². The molecule has 1 heterocycles. The van der Waals surface area contributed by atoms with Crippen LogP contribution in [0.2, 0.25) is 0 Å². The van der Waals surface area contributed by atoms with Gasteiger partial charge in [-0.2, -0.15) is 5.10 Å². The number of benzene rings is 2. The van der Waals surface area contributed by atoms with E-state index in [0.29, 0.717) is 22.6 Å². The second-order valence-electron chi connectivity index (χ2n) is 5.84. The fraction of sp³-hybridized carbons (Fsp3) is 0.211. The monoisotopic (exact) mass is 337 g/mol. The molecule has 25 heavy (non-hydrogen) atoms. The number of nitrogens with one attached hydrogen (secondary N) is 1. The lowest BCUT2D eigenvalue weighted by molar-refractivity contribution is -0.119. The first-order chi connectivity index (χ1) is 12.1. The number of anilines is 2. The summed E-state index contributed by atoms with van der Waals surface area (Å²) in [7, 11) is 0. The van der Waals surface area contributed by atoms with Gasteiger partial charge in [0.15, 0.2) is 0 Å². The zero-order valence-electron chi connectivity index (χ0n) is 13.8. The number of aliphatic hydroxyl groups is 1.